The summed E-state index contributed by atoms with van der Waals surface area (Å²) >= 11 is 0. The number of hydrogen-bond donors (Lipinski definition) is 0. The normalized spacial score (nSPS) is 17.1. The van der Waals surface area contributed by atoms with Crippen LogP contribution in [0.3, 0.4) is 0 Å². The SMILES string of the molecule is CN(C)CC(=O)N1CC(=Cc2ccc(F)c(F)c2)C(=O)C(=Cc2ccc(F)c(F)c2)C1. The Morgan fingerprint density at radius 3 is 1.71 bits per heavy atom. The van der Waals surface area contributed by atoms with E-state index in [1.165, 1.54) is 29.2 Å². The van der Waals surface area contributed by atoms with Gasteiger partial charge < -0.3 is 9.80 Å². The van der Waals surface area contributed by atoms with E-state index in [1.54, 1.807) is 19.0 Å². The molecule has 1 saturated heterocycles. The van der Waals surface area contributed by atoms with Crippen molar-refractivity contribution in [2.75, 3.05) is 33.7 Å². The van der Waals surface area contributed by atoms with Crippen molar-refractivity contribution in [1.29, 1.82) is 0 Å². The van der Waals surface area contributed by atoms with E-state index in [-0.39, 0.29) is 47.8 Å². The summed E-state index contributed by atoms with van der Waals surface area (Å²) in [5.74, 6) is -4.81. The minimum atomic E-state index is -1.06. The molecule has 0 bridgehead atoms. The lowest BCUT2D eigenvalue weighted by Gasteiger charge is -2.31. The Morgan fingerprint density at radius 1 is 0.871 bits per heavy atom. The van der Waals surface area contributed by atoms with E-state index in [9.17, 15) is 27.2 Å². The van der Waals surface area contributed by atoms with Crippen molar-refractivity contribution in [3.05, 3.63) is 81.9 Å². The molecule has 1 heterocycles. The predicted octanol–water partition coefficient (Wildman–Crippen LogP) is 3.68. The Bertz CT molecular complexity index is 1020. The second-order valence-corrected chi connectivity index (χ2v) is 7.50. The number of carbonyl (C=O) groups is 2. The first-order valence-electron chi connectivity index (χ1n) is 9.42. The molecule has 2 aromatic rings. The van der Waals surface area contributed by atoms with Crippen molar-refractivity contribution < 1.29 is 27.2 Å². The minimum absolute atomic E-state index is 0.0143. The molecular formula is C23H20F4N2O2. The summed E-state index contributed by atoms with van der Waals surface area (Å²) in [6.45, 7) is 0.0738. The van der Waals surface area contributed by atoms with Crippen LogP contribution >= 0.6 is 0 Å². The van der Waals surface area contributed by atoms with Crippen molar-refractivity contribution in [3.8, 4) is 0 Å². The Hall–Kier alpha value is -3.26. The maximum Gasteiger partial charge on any atom is 0.237 e. The van der Waals surface area contributed by atoms with Gasteiger partial charge in [-0.25, -0.2) is 17.6 Å². The highest BCUT2D eigenvalue weighted by atomic mass is 19.2. The Balaban J connectivity index is 2.01. The third-order valence-corrected chi connectivity index (χ3v) is 4.68. The van der Waals surface area contributed by atoms with E-state index < -0.39 is 29.1 Å². The van der Waals surface area contributed by atoms with Gasteiger partial charge in [-0.05, 0) is 61.6 Å². The molecule has 162 valence electrons. The van der Waals surface area contributed by atoms with E-state index in [0.29, 0.717) is 0 Å². The van der Waals surface area contributed by atoms with Crippen LogP contribution in [0.2, 0.25) is 0 Å². The standard InChI is InChI=1S/C23H20F4N2O2/c1-28(2)13-22(30)29-11-16(7-14-3-5-18(24)20(26)9-14)23(31)17(12-29)8-15-4-6-19(25)21(27)10-15/h3-10H,11-13H2,1-2H3. The highest BCUT2D eigenvalue weighted by molar-refractivity contribution is 6.15. The quantitative estimate of drug-likeness (QED) is 0.547. The monoisotopic (exact) mass is 432 g/mol. The fraction of sp³-hybridized carbons (Fsp3) is 0.217. The second-order valence-electron chi connectivity index (χ2n) is 7.50. The zero-order valence-electron chi connectivity index (χ0n) is 17.0. The van der Waals surface area contributed by atoms with E-state index >= 15 is 0 Å². The average molecular weight is 432 g/mol. The van der Waals surface area contributed by atoms with Crippen LogP contribution in [-0.4, -0.2) is 55.2 Å². The van der Waals surface area contributed by atoms with Gasteiger partial charge in [-0.15, -0.1) is 0 Å². The molecule has 0 unspecified atom stereocenters. The van der Waals surface area contributed by atoms with Gasteiger partial charge in [0.15, 0.2) is 29.1 Å². The second kappa shape index (κ2) is 9.26. The molecule has 4 nitrogen and oxygen atoms in total. The number of amides is 1. The molecular weight excluding hydrogens is 412 g/mol. The number of halogens is 4. The lowest BCUT2D eigenvalue weighted by Crippen LogP contribution is -2.45. The predicted molar refractivity (Wildman–Crippen MR) is 109 cm³/mol. The molecule has 1 amide bonds. The first-order valence-corrected chi connectivity index (χ1v) is 9.42. The number of rotatable bonds is 4. The topological polar surface area (TPSA) is 40.6 Å². The van der Waals surface area contributed by atoms with Gasteiger partial charge in [-0.1, -0.05) is 12.1 Å². The summed E-state index contributed by atoms with van der Waals surface area (Å²) in [7, 11) is 3.45. The van der Waals surface area contributed by atoms with Crippen molar-refractivity contribution in [2.45, 2.75) is 0 Å². The number of Topliss-reactive ketones (excluding diaryl/α,β-unsaturated/α-hetero) is 1. The number of hydrogen-bond acceptors (Lipinski definition) is 3. The number of likely N-dealkylation sites (N-methyl/N-ethyl adjacent to an activating group) is 1. The maximum atomic E-state index is 13.6. The molecule has 3 rings (SSSR count). The number of carbonyl (C=O) groups excluding carboxylic acids is 2. The van der Waals surface area contributed by atoms with Gasteiger partial charge in [0.05, 0.1) is 6.54 Å². The summed E-state index contributed by atoms with van der Waals surface area (Å²) in [4.78, 5) is 28.7. The lowest BCUT2D eigenvalue weighted by atomic mass is 9.94. The summed E-state index contributed by atoms with van der Waals surface area (Å²) in [6.07, 6.45) is 2.78. The van der Waals surface area contributed by atoms with Crippen LogP contribution in [-0.2, 0) is 9.59 Å². The Kier molecular flexibility index (Phi) is 6.70. The molecule has 0 N–H and O–H groups in total. The average Bonchev–Trinajstić information content (AvgIpc) is 2.70. The number of benzene rings is 2. The van der Waals surface area contributed by atoms with Gasteiger partial charge in [0.2, 0.25) is 5.91 Å². The van der Waals surface area contributed by atoms with Crippen molar-refractivity contribution in [1.82, 2.24) is 9.80 Å². The molecule has 0 radical (unpaired) electrons. The van der Waals surface area contributed by atoms with Crippen LogP contribution in [0.1, 0.15) is 11.1 Å². The highest BCUT2D eigenvalue weighted by Crippen LogP contribution is 2.23. The number of nitrogens with zero attached hydrogens (tertiary/aromatic N) is 2. The number of likely N-dealkylation sites (tertiary alicyclic amines) is 1. The fourth-order valence-corrected chi connectivity index (χ4v) is 3.19. The van der Waals surface area contributed by atoms with E-state index in [4.69, 9.17) is 0 Å². The van der Waals surface area contributed by atoms with Crippen molar-refractivity contribution in [2.24, 2.45) is 0 Å². The van der Waals surface area contributed by atoms with Gasteiger partial charge >= 0.3 is 0 Å². The Labute approximate surface area is 177 Å². The van der Waals surface area contributed by atoms with E-state index in [0.717, 1.165) is 24.3 Å². The van der Waals surface area contributed by atoms with Gasteiger partial charge in [0.1, 0.15) is 0 Å². The molecule has 8 heteroatoms. The third kappa shape index (κ3) is 5.46. The highest BCUT2D eigenvalue weighted by Gasteiger charge is 2.29. The van der Waals surface area contributed by atoms with E-state index in [2.05, 4.69) is 0 Å². The summed E-state index contributed by atoms with van der Waals surface area (Å²) in [5, 5.41) is 0. The molecule has 1 aliphatic heterocycles. The molecule has 1 fully saturated rings. The van der Waals surface area contributed by atoms with Crippen molar-refractivity contribution >= 4 is 23.8 Å². The fourth-order valence-electron chi connectivity index (χ4n) is 3.19. The first-order chi connectivity index (χ1) is 14.6. The van der Waals surface area contributed by atoms with Gasteiger partial charge in [0.25, 0.3) is 0 Å². The molecule has 0 aromatic heterocycles. The summed E-state index contributed by atoms with van der Waals surface area (Å²) < 4.78 is 53.6. The van der Waals surface area contributed by atoms with Crippen molar-refractivity contribution in [3.63, 3.8) is 0 Å². The molecule has 0 atom stereocenters. The number of piperidine rings is 1. The summed E-state index contributed by atoms with van der Waals surface area (Å²) in [6, 6.07) is 6.43. The Morgan fingerprint density at radius 2 is 1.32 bits per heavy atom. The largest absolute Gasteiger partial charge is 0.333 e. The molecule has 31 heavy (non-hydrogen) atoms. The zero-order chi connectivity index (χ0) is 22.7. The van der Waals surface area contributed by atoms with Crippen LogP contribution in [0.25, 0.3) is 12.2 Å². The lowest BCUT2D eigenvalue weighted by molar-refractivity contribution is -0.131. The summed E-state index contributed by atoms with van der Waals surface area (Å²) in [5.41, 5.74) is 0.907. The van der Waals surface area contributed by atoms with E-state index in [1.807, 2.05) is 0 Å². The molecule has 0 spiro atoms. The van der Waals surface area contributed by atoms with Crippen LogP contribution in [0, 0.1) is 23.3 Å². The van der Waals surface area contributed by atoms with Crippen LogP contribution < -0.4 is 0 Å². The zero-order valence-corrected chi connectivity index (χ0v) is 17.0. The van der Waals surface area contributed by atoms with Crippen LogP contribution in [0.4, 0.5) is 17.6 Å². The third-order valence-electron chi connectivity index (χ3n) is 4.68. The molecule has 0 saturated carbocycles. The smallest absolute Gasteiger partial charge is 0.237 e. The maximum absolute atomic E-state index is 13.6. The number of ketones is 1. The minimum Gasteiger partial charge on any atom is -0.333 e. The van der Waals surface area contributed by atoms with Crippen LogP contribution in [0.5, 0.6) is 0 Å². The molecule has 1 aliphatic rings. The van der Waals surface area contributed by atoms with Crippen LogP contribution in [0.15, 0.2) is 47.5 Å². The van der Waals surface area contributed by atoms with Gasteiger partial charge in [0, 0.05) is 24.2 Å². The molecule has 0 aliphatic carbocycles. The molecule has 2 aromatic carbocycles. The first kappa shape index (κ1) is 22.4. The van der Waals surface area contributed by atoms with Gasteiger partial charge in [-0.3, -0.25) is 9.59 Å². The van der Waals surface area contributed by atoms with Gasteiger partial charge in [-0.2, -0.15) is 0 Å².